The van der Waals surface area contributed by atoms with Gasteiger partial charge in [0.15, 0.2) is 0 Å². The highest BCUT2D eigenvalue weighted by Gasteiger charge is 2.44. The number of nitriles is 1. The van der Waals surface area contributed by atoms with E-state index < -0.39 is 11.1 Å². The van der Waals surface area contributed by atoms with Gasteiger partial charge in [-0.3, -0.25) is 19.4 Å². The summed E-state index contributed by atoms with van der Waals surface area (Å²) in [6.07, 6.45) is 0.0249. The topological polar surface area (TPSA) is 94.9 Å². The number of hydrogen-bond donors (Lipinski definition) is 1. The van der Waals surface area contributed by atoms with E-state index >= 15 is 0 Å². The van der Waals surface area contributed by atoms with Crippen LogP contribution < -0.4 is 5.32 Å². The van der Waals surface area contributed by atoms with Crippen molar-refractivity contribution in [1.29, 1.82) is 5.26 Å². The highest BCUT2D eigenvalue weighted by molar-refractivity contribution is 5.94. The van der Waals surface area contributed by atoms with Gasteiger partial charge >= 0.3 is 5.97 Å². The third-order valence-corrected chi connectivity index (χ3v) is 5.84. The van der Waals surface area contributed by atoms with Crippen LogP contribution in [0.1, 0.15) is 50.5 Å². The molecule has 2 bridgehead atoms. The fourth-order valence-electron chi connectivity index (χ4n) is 4.07. The second-order valence-corrected chi connectivity index (χ2v) is 10.1. The first kappa shape index (κ1) is 24.2. The van der Waals surface area contributed by atoms with Crippen LogP contribution >= 0.6 is 0 Å². The van der Waals surface area contributed by atoms with Crippen molar-refractivity contribution in [2.75, 3.05) is 39.3 Å². The number of carbonyl (C=O) groups is 2. The molecule has 32 heavy (non-hydrogen) atoms. The Morgan fingerprint density at radius 2 is 1.69 bits per heavy atom. The zero-order chi connectivity index (χ0) is 23.5. The van der Waals surface area contributed by atoms with Gasteiger partial charge in [0.2, 0.25) is 0 Å². The Morgan fingerprint density at radius 1 is 1.09 bits per heavy atom. The van der Waals surface area contributed by atoms with Gasteiger partial charge in [0.05, 0.1) is 23.8 Å². The maximum atomic E-state index is 12.8. The summed E-state index contributed by atoms with van der Waals surface area (Å²) < 4.78 is 11.8. The van der Waals surface area contributed by atoms with E-state index in [1.54, 1.807) is 24.3 Å². The molecule has 2 unspecified atom stereocenters. The maximum absolute atomic E-state index is 12.8. The average Bonchev–Trinajstić information content (AvgIpc) is 2.71. The molecule has 2 aliphatic rings. The van der Waals surface area contributed by atoms with Gasteiger partial charge in [0.25, 0.3) is 5.91 Å². The monoisotopic (exact) mass is 442 g/mol. The van der Waals surface area contributed by atoms with Crippen molar-refractivity contribution in [3.63, 3.8) is 0 Å². The van der Waals surface area contributed by atoms with Crippen molar-refractivity contribution >= 4 is 11.9 Å². The van der Waals surface area contributed by atoms with Crippen LogP contribution in [-0.2, 0) is 14.3 Å². The molecule has 2 saturated heterocycles. The summed E-state index contributed by atoms with van der Waals surface area (Å²) in [5.74, 6) is -0.361. The first-order valence-corrected chi connectivity index (χ1v) is 11.1. The van der Waals surface area contributed by atoms with Crippen LogP contribution in [0.5, 0.6) is 0 Å². The number of fused-ring (bicyclic) bond motifs is 2. The Balaban J connectivity index is 1.48. The second kappa shape index (κ2) is 9.57. The number of benzene rings is 1. The molecule has 0 radical (unpaired) electrons. The van der Waals surface area contributed by atoms with E-state index in [9.17, 15) is 9.59 Å². The van der Waals surface area contributed by atoms with Crippen LogP contribution in [0.2, 0.25) is 0 Å². The number of morpholine rings is 2. The first-order valence-electron chi connectivity index (χ1n) is 11.1. The third kappa shape index (κ3) is 6.06. The molecule has 0 saturated carbocycles. The molecule has 174 valence electrons. The largest absolute Gasteiger partial charge is 0.459 e. The number of nitrogens with one attached hydrogen (secondary N) is 1. The van der Waals surface area contributed by atoms with Crippen LogP contribution in [0, 0.1) is 11.3 Å². The lowest BCUT2D eigenvalue weighted by atomic mass is 9.98. The molecule has 8 heteroatoms. The number of carbonyl (C=O) groups excluding carboxylic acids is 2. The van der Waals surface area contributed by atoms with Crippen LogP contribution in [0.15, 0.2) is 24.3 Å². The van der Waals surface area contributed by atoms with Crippen LogP contribution in [0.25, 0.3) is 0 Å². The van der Waals surface area contributed by atoms with Gasteiger partial charge in [-0.1, -0.05) is 0 Å². The highest BCUT2D eigenvalue weighted by atomic mass is 16.6. The zero-order valence-electron chi connectivity index (χ0n) is 19.7. The number of esters is 1. The van der Waals surface area contributed by atoms with Crippen molar-refractivity contribution in [1.82, 2.24) is 15.1 Å². The fraction of sp³-hybridized carbons (Fsp3) is 0.625. The van der Waals surface area contributed by atoms with Gasteiger partial charge in [-0.15, -0.1) is 0 Å². The zero-order valence-corrected chi connectivity index (χ0v) is 19.7. The summed E-state index contributed by atoms with van der Waals surface area (Å²) in [5.41, 5.74) is -0.159. The average molecular weight is 443 g/mol. The summed E-state index contributed by atoms with van der Waals surface area (Å²) in [6, 6.07) is 8.65. The van der Waals surface area contributed by atoms with E-state index in [0.717, 1.165) is 19.6 Å². The summed E-state index contributed by atoms with van der Waals surface area (Å²) in [5, 5.41) is 11.8. The third-order valence-electron chi connectivity index (χ3n) is 5.84. The van der Waals surface area contributed by atoms with Gasteiger partial charge in [-0.25, -0.2) is 0 Å². The van der Waals surface area contributed by atoms with Crippen molar-refractivity contribution < 1.29 is 19.1 Å². The molecule has 2 heterocycles. The molecule has 0 spiro atoms. The molecule has 1 N–H and O–H groups in total. The molecule has 1 aromatic rings. The second-order valence-electron chi connectivity index (χ2n) is 10.1. The number of hydrogen-bond acceptors (Lipinski definition) is 7. The van der Waals surface area contributed by atoms with E-state index in [-0.39, 0.29) is 24.1 Å². The van der Waals surface area contributed by atoms with Crippen molar-refractivity contribution in [2.45, 2.75) is 58.0 Å². The molecule has 8 nitrogen and oxygen atoms in total. The Hall–Kier alpha value is -2.47. The number of ether oxygens (including phenoxy) is 2. The maximum Gasteiger partial charge on any atom is 0.326 e. The van der Waals surface area contributed by atoms with Crippen molar-refractivity contribution in [3.8, 4) is 6.07 Å². The van der Waals surface area contributed by atoms with Crippen LogP contribution in [0.3, 0.4) is 0 Å². The Morgan fingerprint density at radius 3 is 2.22 bits per heavy atom. The fourth-order valence-corrected chi connectivity index (χ4v) is 4.07. The minimum absolute atomic E-state index is 0.0124. The molecule has 2 atom stereocenters. The summed E-state index contributed by atoms with van der Waals surface area (Å²) >= 11 is 0. The lowest BCUT2D eigenvalue weighted by Gasteiger charge is -2.50. The lowest BCUT2D eigenvalue weighted by molar-refractivity contribution is -0.184. The smallest absolute Gasteiger partial charge is 0.326 e. The Kier molecular flexibility index (Phi) is 7.23. The quantitative estimate of drug-likeness (QED) is 0.671. The predicted molar refractivity (Wildman–Crippen MR) is 120 cm³/mol. The molecule has 1 aromatic carbocycles. The lowest BCUT2D eigenvalue weighted by Crippen LogP contribution is -2.65. The highest BCUT2D eigenvalue weighted by Crippen LogP contribution is 2.27. The molecule has 0 aromatic heterocycles. The summed E-state index contributed by atoms with van der Waals surface area (Å²) in [7, 11) is 0. The van der Waals surface area contributed by atoms with Crippen LogP contribution in [-0.4, -0.2) is 84.3 Å². The molecular formula is C24H34N4O4. The predicted octanol–water partition coefficient (Wildman–Crippen LogP) is 1.79. The van der Waals surface area contributed by atoms with Crippen LogP contribution in [0.4, 0.5) is 0 Å². The molecule has 1 amide bonds. The van der Waals surface area contributed by atoms with Gasteiger partial charge in [-0.05, 0) is 58.9 Å². The number of rotatable bonds is 6. The molecule has 0 aliphatic carbocycles. The first-order chi connectivity index (χ1) is 15.0. The van der Waals surface area contributed by atoms with Gasteiger partial charge in [0.1, 0.15) is 11.1 Å². The number of amides is 1. The van der Waals surface area contributed by atoms with Crippen molar-refractivity contribution in [2.24, 2.45) is 0 Å². The standard InChI is InChI=1S/C24H34N4O4/c1-23(2,3)32-22(30)24(4,5)28-15-19-13-27(14-20(16-28)31-19)11-10-26-21(29)18-8-6-17(12-25)7-9-18/h6-9,19-20H,10-11,13-16H2,1-5H3,(H,26,29). The van der Waals surface area contributed by atoms with E-state index in [4.69, 9.17) is 14.7 Å². The molecule has 3 rings (SSSR count). The number of nitrogens with zero attached hydrogens (tertiary/aromatic N) is 3. The van der Waals surface area contributed by atoms with Gasteiger partial charge in [-0.2, -0.15) is 5.26 Å². The van der Waals surface area contributed by atoms with E-state index in [2.05, 4.69) is 15.1 Å². The molecule has 2 aliphatic heterocycles. The Labute approximate surface area is 190 Å². The van der Waals surface area contributed by atoms with Gasteiger partial charge in [0, 0.05) is 44.8 Å². The minimum Gasteiger partial charge on any atom is -0.459 e. The summed E-state index contributed by atoms with van der Waals surface area (Å²) in [6.45, 7) is 13.6. The van der Waals surface area contributed by atoms with E-state index in [0.29, 0.717) is 30.8 Å². The van der Waals surface area contributed by atoms with E-state index in [1.165, 1.54) is 0 Å². The van der Waals surface area contributed by atoms with Gasteiger partial charge < -0.3 is 14.8 Å². The minimum atomic E-state index is -0.717. The van der Waals surface area contributed by atoms with E-state index in [1.807, 2.05) is 40.7 Å². The van der Waals surface area contributed by atoms with Crippen molar-refractivity contribution in [3.05, 3.63) is 35.4 Å². The normalized spacial score (nSPS) is 22.1. The SMILES string of the molecule is CC(C)(C)OC(=O)C(C)(C)N1CC2CN(CCNC(=O)c3ccc(C#N)cc3)CC(C1)O2. The molecular weight excluding hydrogens is 408 g/mol. The summed E-state index contributed by atoms with van der Waals surface area (Å²) in [4.78, 5) is 29.5. The Bertz CT molecular complexity index is 855. The molecule has 2 fully saturated rings.